The van der Waals surface area contributed by atoms with Crippen molar-refractivity contribution in [3.8, 4) is 28.5 Å². The number of nitrogens with one attached hydrogen (secondary N) is 2. The van der Waals surface area contributed by atoms with Gasteiger partial charge in [-0.05, 0) is 32.3 Å². The van der Waals surface area contributed by atoms with Crippen molar-refractivity contribution in [1.29, 1.82) is 0 Å². The Morgan fingerprint density at radius 1 is 1.09 bits per heavy atom. The Balaban J connectivity index is 1.62. The molecule has 12 nitrogen and oxygen atoms in total. The molecule has 0 aliphatic rings. The Kier molecular flexibility index (Phi) is 9.31. The highest BCUT2D eigenvalue weighted by atomic mass is 16.5. The lowest BCUT2D eigenvalue weighted by atomic mass is 9.97. The van der Waals surface area contributed by atoms with E-state index in [9.17, 15) is 5.11 Å². The Morgan fingerprint density at radius 3 is 2.52 bits per heavy atom. The number of aromatic nitrogens is 5. The topological polar surface area (TPSA) is 130 Å². The van der Waals surface area contributed by atoms with Crippen molar-refractivity contribution in [3.63, 3.8) is 0 Å². The normalized spacial score (nSPS) is 12.4. The maximum absolute atomic E-state index is 10.4. The summed E-state index contributed by atoms with van der Waals surface area (Å²) in [5, 5.41) is 26.6. The summed E-state index contributed by atoms with van der Waals surface area (Å²) in [6.07, 6.45) is 4.21. The van der Waals surface area contributed by atoms with Crippen molar-refractivity contribution in [3.05, 3.63) is 67.3 Å². The van der Waals surface area contributed by atoms with Crippen LogP contribution in [0.3, 0.4) is 0 Å². The predicted molar refractivity (Wildman–Crippen MR) is 184 cm³/mol. The van der Waals surface area contributed by atoms with Crippen LogP contribution in [0.1, 0.15) is 26.7 Å². The zero-order chi connectivity index (χ0) is 33.2. The number of rotatable bonds is 12. The van der Waals surface area contributed by atoms with Gasteiger partial charge in [0, 0.05) is 67.5 Å². The molecule has 3 N–H and O–H groups in total. The van der Waals surface area contributed by atoms with Crippen molar-refractivity contribution in [1.82, 2.24) is 29.6 Å². The number of ether oxygens (including phenoxy) is 1. The first kappa shape index (κ1) is 32.5. The molecule has 0 radical (unpaired) electrons. The van der Waals surface area contributed by atoms with E-state index in [1.807, 2.05) is 79.4 Å². The first-order valence-corrected chi connectivity index (χ1v) is 15.1. The van der Waals surface area contributed by atoms with Gasteiger partial charge in [-0.3, -0.25) is 0 Å². The maximum Gasteiger partial charge on any atom is 0.251 e. The van der Waals surface area contributed by atoms with Gasteiger partial charge in [-0.1, -0.05) is 45.5 Å². The molecule has 0 saturated heterocycles. The van der Waals surface area contributed by atoms with E-state index in [2.05, 4.69) is 58.9 Å². The van der Waals surface area contributed by atoms with E-state index in [4.69, 9.17) is 14.1 Å². The number of hydrogen-bond donors (Lipinski definition) is 3. The number of likely N-dealkylation sites (N-methyl/N-ethyl adjacent to an activating group) is 2. The van der Waals surface area contributed by atoms with Crippen molar-refractivity contribution >= 4 is 33.9 Å². The van der Waals surface area contributed by atoms with Gasteiger partial charge in [0.1, 0.15) is 12.0 Å². The molecule has 46 heavy (non-hydrogen) atoms. The first-order chi connectivity index (χ1) is 21.9. The van der Waals surface area contributed by atoms with E-state index in [1.165, 1.54) is 6.08 Å². The second kappa shape index (κ2) is 13.2. The van der Waals surface area contributed by atoms with Gasteiger partial charge in [0.25, 0.3) is 5.89 Å². The Bertz CT molecular complexity index is 1840. The third-order valence-corrected chi connectivity index (χ3v) is 7.62. The van der Waals surface area contributed by atoms with Gasteiger partial charge in [0.15, 0.2) is 0 Å². The zero-order valence-corrected chi connectivity index (χ0v) is 27.8. The van der Waals surface area contributed by atoms with Crippen molar-refractivity contribution in [2.24, 2.45) is 7.05 Å². The van der Waals surface area contributed by atoms with E-state index >= 15 is 0 Å². The third-order valence-electron chi connectivity index (χ3n) is 7.62. The number of anilines is 4. The molecule has 3 heterocycles. The number of benzene rings is 2. The molecule has 0 fully saturated rings. The lowest BCUT2D eigenvalue weighted by molar-refractivity contribution is 0.253. The van der Waals surface area contributed by atoms with Gasteiger partial charge in [-0.2, -0.15) is 0 Å². The average molecular weight is 626 g/mol. The molecule has 12 heteroatoms. The predicted octanol–water partition coefficient (Wildman–Crippen LogP) is 5.65. The quantitative estimate of drug-likeness (QED) is 0.117. The fraction of sp³-hybridized carbons (Fsp3) is 0.353. The SMILES string of the molecule is C=CC(O)Nc1cc(Nc2ncc(-c3nnc(C(C)(C)C)o3)c(-c3cn(C)c4ccccc34)n2)c(OC)cc1N(C)CCN(C)C. The molecule has 2 aromatic carbocycles. The van der Waals surface area contributed by atoms with Crippen LogP contribution in [0.15, 0.2) is 65.9 Å². The molecule has 0 spiro atoms. The summed E-state index contributed by atoms with van der Waals surface area (Å²) in [5.41, 5.74) is 5.04. The van der Waals surface area contributed by atoms with E-state index in [1.54, 1.807) is 13.3 Å². The van der Waals surface area contributed by atoms with Crippen LogP contribution in [-0.4, -0.2) is 82.3 Å². The fourth-order valence-corrected chi connectivity index (χ4v) is 5.05. The van der Waals surface area contributed by atoms with Gasteiger partial charge in [-0.15, -0.1) is 10.2 Å². The molecule has 242 valence electrons. The Labute approximate surface area is 269 Å². The largest absolute Gasteiger partial charge is 0.494 e. The van der Waals surface area contributed by atoms with E-state index < -0.39 is 6.23 Å². The van der Waals surface area contributed by atoms with Gasteiger partial charge in [-0.25, -0.2) is 9.97 Å². The lowest BCUT2D eigenvalue weighted by Gasteiger charge is -2.27. The molecule has 1 unspecified atom stereocenters. The molecular formula is C34H43N9O3. The van der Waals surface area contributed by atoms with Crippen LogP contribution in [0.25, 0.3) is 33.6 Å². The first-order valence-electron chi connectivity index (χ1n) is 15.1. The van der Waals surface area contributed by atoms with Gasteiger partial charge >= 0.3 is 0 Å². The summed E-state index contributed by atoms with van der Waals surface area (Å²) in [5.74, 6) is 1.78. The highest BCUT2D eigenvalue weighted by Crippen LogP contribution is 2.40. The number of para-hydroxylation sites is 1. The molecule has 3 aromatic heterocycles. The van der Waals surface area contributed by atoms with Crippen molar-refractivity contribution in [2.75, 3.05) is 56.9 Å². The molecule has 0 aliphatic heterocycles. The number of aliphatic hydroxyl groups is 1. The summed E-state index contributed by atoms with van der Waals surface area (Å²) < 4.78 is 14.0. The lowest BCUT2D eigenvalue weighted by Crippen LogP contribution is -2.29. The molecule has 0 amide bonds. The van der Waals surface area contributed by atoms with Gasteiger partial charge in [0.2, 0.25) is 11.8 Å². The summed E-state index contributed by atoms with van der Waals surface area (Å²) in [6, 6.07) is 11.9. The second-order valence-corrected chi connectivity index (χ2v) is 12.5. The van der Waals surface area contributed by atoms with Crippen molar-refractivity contribution < 1.29 is 14.3 Å². The monoisotopic (exact) mass is 625 g/mol. The van der Waals surface area contributed by atoms with E-state index in [0.29, 0.717) is 46.1 Å². The number of fused-ring (bicyclic) bond motifs is 1. The highest BCUT2D eigenvalue weighted by molar-refractivity contribution is 5.98. The molecule has 1 atom stereocenters. The third kappa shape index (κ3) is 6.82. The van der Waals surface area contributed by atoms with E-state index in [0.717, 1.165) is 35.2 Å². The number of methoxy groups -OCH3 is 1. The van der Waals surface area contributed by atoms with Crippen LogP contribution in [0.4, 0.5) is 23.0 Å². The number of aliphatic hydroxyl groups excluding tert-OH is 1. The molecule has 0 bridgehead atoms. The van der Waals surface area contributed by atoms with Crippen LogP contribution in [0, 0.1) is 0 Å². The average Bonchev–Trinajstić information content (AvgIpc) is 3.65. The van der Waals surface area contributed by atoms with Gasteiger partial charge < -0.3 is 39.3 Å². The van der Waals surface area contributed by atoms with Crippen LogP contribution in [0.2, 0.25) is 0 Å². The van der Waals surface area contributed by atoms with Crippen molar-refractivity contribution in [2.45, 2.75) is 32.4 Å². The number of hydrogen-bond acceptors (Lipinski definition) is 11. The number of nitrogens with zero attached hydrogens (tertiary/aromatic N) is 7. The van der Waals surface area contributed by atoms with Crippen LogP contribution in [0.5, 0.6) is 5.75 Å². The Hall–Kier alpha value is -4.94. The smallest absolute Gasteiger partial charge is 0.251 e. The van der Waals surface area contributed by atoms with E-state index in [-0.39, 0.29) is 5.41 Å². The highest BCUT2D eigenvalue weighted by Gasteiger charge is 2.25. The minimum absolute atomic E-state index is 0.318. The number of aryl methyl sites for hydroxylation is 1. The maximum atomic E-state index is 10.4. The van der Waals surface area contributed by atoms with Crippen LogP contribution in [-0.2, 0) is 12.5 Å². The summed E-state index contributed by atoms with van der Waals surface area (Å²) in [4.78, 5) is 13.9. The second-order valence-electron chi connectivity index (χ2n) is 12.5. The molecule has 5 rings (SSSR count). The summed E-state index contributed by atoms with van der Waals surface area (Å²) in [7, 11) is 9.68. The molecular weight excluding hydrogens is 582 g/mol. The van der Waals surface area contributed by atoms with Crippen LogP contribution < -0.4 is 20.3 Å². The van der Waals surface area contributed by atoms with Gasteiger partial charge in [0.05, 0.1) is 35.4 Å². The van der Waals surface area contributed by atoms with Crippen LogP contribution >= 0.6 is 0 Å². The minimum Gasteiger partial charge on any atom is -0.494 e. The zero-order valence-electron chi connectivity index (χ0n) is 27.8. The molecule has 0 saturated carbocycles. The Morgan fingerprint density at radius 2 is 1.85 bits per heavy atom. The standard InChI is InChI=1S/C34H43N9O3/c1-10-29(44)36-24-17-25(28(45-9)18-27(24)42(7)16-15-41(5)6)37-33-35-19-22(31-39-40-32(46-31)34(2,3)4)30(38-33)23-20-43(8)26-14-12-11-13-21(23)26/h10-14,17-20,29,36,44H,1,15-16H2,2-9H3,(H,35,37,38). The fourth-order valence-electron chi connectivity index (χ4n) is 5.05. The molecule has 0 aliphatic carbocycles. The summed E-state index contributed by atoms with van der Waals surface area (Å²) in [6.45, 7) is 11.4. The minimum atomic E-state index is -0.955. The molecule has 5 aromatic rings. The summed E-state index contributed by atoms with van der Waals surface area (Å²) >= 11 is 0.